The van der Waals surface area contributed by atoms with E-state index in [0.29, 0.717) is 12.1 Å². The highest BCUT2D eigenvalue weighted by Gasteiger charge is 2.21. The van der Waals surface area contributed by atoms with Crippen LogP contribution in [0.2, 0.25) is 0 Å². The number of rotatable bonds is 6. The molecule has 2 heterocycles. The largest absolute Gasteiger partial charge is 0.371 e. The SMILES string of the molecule is CC(C)CC(C)NC1CCN(c2ccc(-c3cscn3)cc2)CC1. The van der Waals surface area contributed by atoms with Crippen molar-refractivity contribution in [2.75, 3.05) is 18.0 Å². The van der Waals surface area contributed by atoms with Gasteiger partial charge in [0.05, 0.1) is 11.2 Å². The number of nitrogens with one attached hydrogen (secondary N) is 1. The van der Waals surface area contributed by atoms with Crippen LogP contribution in [0.1, 0.15) is 40.0 Å². The van der Waals surface area contributed by atoms with Crippen molar-refractivity contribution in [1.29, 1.82) is 0 Å². The van der Waals surface area contributed by atoms with Crippen LogP contribution in [0.25, 0.3) is 11.3 Å². The predicted octanol–water partition coefficient (Wildman–Crippen LogP) is 4.80. The number of hydrogen-bond acceptors (Lipinski definition) is 4. The van der Waals surface area contributed by atoms with Crippen molar-refractivity contribution in [3.63, 3.8) is 0 Å². The lowest BCUT2D eigenvalue weighted by molar-refractivity contribution is 0.346. The van der Waals surface area contributed by atoms with Gasteiger partial charge in [0.25, 0.3) is 0 Å². The summed E-state index contributed by atoms with van der Waals surface area (Å²) in [5, 5.41) is 5.92. The average molecular weight is 344 g/mol. The molecule has 1 aromatic heterocycles. The van der Waals surface area contributed by atoms with Gasteiger partial charge >= 0.3 is 0 Å². The van der Waals surface area contributed by atoms with E-state index in [9.17, 15) is 0 Å². The fourth-order valence-corrected chi connectivity index (χ4v) is 4.24. The predicted molar refractivity (Wildman–Crippen MR) is 105 cm³/mol. The second-order valence-corrected chi connectivity index (χ2v) is 8.10. The lowest BCUT2D eigenvalue weighted by Crippen LogP contribution is -2.45. The van der Waals surface area contributed by atoms with Crippen molar-refractivity contribution in [3.05, 3.63) is 35.2 Å². The topological polar surface area (TPSA) is 28.2 Å². The zero-order valence-corrected chi connectivity index (χ0v) is 15.9. The van der Waals surface area contributed by atoms with Gasteiger partial charge < -0.3 is 10.2 Å². The third-order valence-electron chi connectivity index (χ3n) is 4.80. The molecule has 0 saturated carbocycles. The molecule has 0 amide bonds. The Morgan fingerprint density at radius 2 is 1.88 bits per heavy atom. The van der Waals surface area contributed by atoms with Gasteiger partial charge in [-0.1, -0.05) is 26.0 Å². The first-order valence-corrected chi connectivity index (χ1v) is 10.1. The van der Waals surface area contributed by atoms with Gasteiger partial charge in [-0.25, -0.2) is 4.98 Å². The quantitative estimate of drug-likeness (QED) is 0.816. The van der Waals surface area contributed by atoms with Crippen LogP contribution in [0.3, 0.4) is 0 Å². The Hall–Kier alpha value is -1.39. The van der Waals surface area contributed by atoms with Gasteiger partial charge in [0, 0.05) is 41.8 Å². The van der Waals surface area contributed by atoms with E-state index in [-0.39, 0.29) is 0 Å². The Kier molecular flexibility index (Phi) is 5.90. The minimum absolute atomic E-state index is 0.624. The van der Waals surface area contributed by atoms with Crippen LogP contribution in [0.15, 0.2) is 35.2 Å². The number of piperidine rings is 1. The highest BCUT2D eigenvalue weighted by Crippen LogP contribution is 2.25. The summed E-state index contributed by atoms with van der Waals surface area (Å²) >= 11 is 1.65. The molecule has 1 aliphatic heterocycles. The minimum atomic E-state index is 0.624. The van der Waals surface area contributed by atoms with Gasteiger partial charge in [-0.2, -0.15) is 0 Å². The zero-order chi connectivity index (χ0) is 16.9. The standard InChI is InChI=1S/C20H29N3S/c1-15(2)12-16(3)22-18-8-10-23(11-9-18)19-6-4-17(5-7-19)20-13-24-14-21-20/h4-7,13-16,18,22H,8-12H2,1-3H3. The molecular weight excluding hydrogens is 314 g/mol. The van der Waals surface area contributed by atoms with Crippen molar-refractivity contribution >= 4 is 17.0 Å². The highest BCUT2D eigenvalue weighted by molar-refractivity contribution is 7.07. The fraction of sp³-hybridized carbons (Fsp3) is 0.550. The van der Waals surface area contributed by atoms with E-state index in [1.807, 2.05) is 5.51 Å². The zero-order valence-electron chi connectivity index (χ0n) is 15.0. The molecule has 1 aromatic carbocycles. The molecule has 1 fully saturated rings. The van der Waals surface area contributed by atoms with Crippen molar-refractivity contribution in [2.24, 2.45) is 5.92 Å². The lowest BCUT2D eigenvalue weighted by Gasteiger charge is -2.35. The summed E-state index contributed by atoms with van der Waals surface area (Å²) in [4.78, 5) is 6.89. The molecule has 2 aromatic rings. The van der Waals surface area contributed by atoms with Gasteiger partial charge in [-0.3, -0.25) is 0 Å². The second kappa shape index (κ2) is 8.13. The Balaban J connectivity index is 1.51. The Morgan fingerprint density at radius 3 is 2.46 bits per heavy atom. The smallest absolute Gasteiger partial charge is 0.0811 e. The maximum Gasteiger partial charge on any atom is 0.0811 e. The normalized spacial score (nSPS) is 17.4. The summed E-state index contributed by atoms with van der Waals surface area (Å²) < 4.78 is 0. The molecule has 4 heteroatoms. The van der Waals surface area contributed by atoms with Gasteiger partial charge in [0.1, 0.15) is 0 Å². The summed E-state index contributed by atoms with van der Waals surface area (Å²) in [6.07, 6.45) is 3.73. The molecule has 3 rings (SSSR count). The third kappa shape index (κ3) is 4.58. The molecule has 1 N–H and O–H groups in total. The summed E-state index contributed by atoms with van der Waals surface area (Å²) in [6, 6.07) is 10.2. The minimum Gasteiger partial charge on any atom is -0.371 e. The van der Waals surface area contributed by atoms with Crippen LogP contribution < -0.4 is 10.2 Å². The van der Waals surface area contributed by atoms with E-state index < -0.39 is 0 Å². The van der Waals surface area contributed by atoms with Gasteiger partial charge in [-0.05, 0) is 44.2 Å². The first kappa shape index (κ1) is 17.4. The summed E-state index contributed by atoms with van der Waals surface area (Å²) in [5.74, 6) is 0.767. The number of aromatic nitrogens is 1. The van der Waals surface area contributed by atoms with Crippen molar-refractivity contribution < 1.29 is 0 Å². The van der Waals surface area contributed by atoms with E-state index in [2.05, 4.69) is 65.6 Å². The van der Waals surface area contributed by atoms with E-state index in [1.165, 1.54) is 30.5 Å². The van der Waals surface area contributed by atoms with E-state index in [1.54, 1.807) is 11.3 Å². The number of thiazole rings is 1. The highest BCUT2D eigenvalue weighted by atomic mass is 32.1. The molecule has 130 valence electrons. The molecule has 24 heavy (non-hydrogen) atoms. The van der Waals surface area contributed by atoms with E-state index in [0.717, 1.165) is 24.7 Å². The Morgan fingerprint density at radius 1 is 1.17 bits per heavy atom. The maximum atomic E-state index is 4.38. The molecule has 1 unspecified atom stereocenters. The first-order valence-electron chi connectivity index (χ1n) is 9.11. The number of anilines is 1. The van der Waals surface area contributed by atoms with Gasteiger partial charge in [0.2, 0.25) is 0 Å². The number of nitrogens with zero attached hydrogens (tertiary/aromatic N) is 2. The molecule has 3 nitrogen and oxygen atoms in total. The molecular formula is C20H29N3S. The van der Waals surface area contributed by atoms with Gasteiger partial charge in [0.15, 0.2) is 0 Å². The van der Waals surface area contributed by atoms with Crippen LogP contribution in [-0.2, 0) is 0 Å². The van der Waals surface area contributed by atoms with Crippen molar-refractivity contribution in [2.45, 2.75) is 52.1 Å². The second-order valence-electron chi connectivity index (χ2n) is 7.38. The molecule has 1 saturated heterocycles. The molecule has 0 radical (unpaired) electrons. The van der Waals surface area contributed by atoms with E-state index >= 15 is 0 Å². The van der Waals surface area contributed by atoms with Crippen LogP contribution in [0.4, 0.5) is 5.69 Å². The van der Waals surface area contributed by atoms with Gasteiger partial charge in [-0.15, -0.1) is 11.3 Å². The van der Waals surface area contributed by atoms with E-state index in [4.69, 9.17) is 0 Å². The molecule has 0 aliphatic carbocycles. The molecule has 0 spiro atoms. The fourth-order valence-electron chi connectivity index (χ4n) is 3.68. The molecule has 1 atom stereocenters. The summed E-state index contributed by atoms with van der Waals surface area (Å²) in [6.45, 7) is 9.21. The summed E-state index contributed by atoms with van der Waals surface area (Å²) in [5.41, 5.74) is 5.51. The van der Waals surface area contributed by atoms with Crippen LogP contribution >= 0.6 is 11.3 Å². The third-order valence-corrected chi connectivity index (χ3v) is 5.39. The van der Waals surface area contributed by atoms with Crippen LogP contribution in [-0.4, -0.2) is 30.2 Å². The van der Waals surface area contributed by atoms with Crippen LogP contribution in [0.5, 0.6) is 0 Å². The maximum absolute atomic E-state index is 4.38. The monoisotopic (exact) mass is 343 g/mol. The number of hydrogen-bond donors (Lipinski definition) is 1. The molecule has 1 aliphatic rings. The Labute approximate surface area is 150 Å². The number of benzene rings is 1. The van der Waals surface area contributed by atoms with Crippen molar-refractivity contribution in [1.82, 2.24) is 10.3 Å². The molecule has 0 bridgehead atoms. The van der Waals surface area contributed by atoms with Crippen molar-refractivity contribution in [3.8, 4) is 11.3 Å². The Bertz CT molecular complexity index is 598. The average Bonchev–Trinajstić information content (AvgIpc) is 3.09. The first-order chi connectivity index (χ1) is 11.6. The summed E-state index contributed by atoms with van der Waals surface area (Å²) in [7, 11) is 0. The lowest BCUT2D eigenvalue weighted by atomic mass is 10.00. The van der Waals surface area contributed by atoms with Crippen LogP contribution in [0, 0.1) is 5.92 Å².